The zero-order valence-corrected chi connectivity index (χ0v) is 16.8. The Labute approximate surface area is 176 Å². The molecule has 154 valence electrons. The van der Waals surface area contributed by atoms with E-state index < -0.39 is 18.7 Å². The molecule has 0 bridgehead atoms. The fourth-order valence-corrected chi connectivity index (χ4v) is 4.11. The van der Waals surface area contributed by atoms with E-state index in [4.69, 9.17) is 33.7 Å². The molecule has 0 unspecified atom stereocenters. The molecule has 29 heavy (non-hydrogen) atoms. The molecular formula is C19H19Cl2F2N5O. The maximum Gasteiger partial charge on any atom is 0.319 e. The smallest absolute Gasteiger partial charge is 0.319 e. The highest BCUT2D eigenvalue weighted by atomic mass is 35.5. The first-order valence-electron chi connectivity index (χ1n) is 9.17. The molecule has 0 saturated carbocycles. The summed E-state index contributed by atoms with van der Waals surface area (Å²) >= 11 is 12.6. The number of nitrogens with two attached hydrogens (primary N) is 1. The number of hydrogen-bond acceptors (Lipinski definition) is 5. The molecule has 1 fully saturated rings. The first-order chi connectivity index (χ1) is 14.0. The lowest BCUT2D eigenvalue weighted by Crippen LogP contribution is -2.35. The van der Waals surface area contributed by atoms with Crippen LogP contribution in [0.2, 0.25) is 10.3 Å². The molecule has 1 aliphatic heterocycles. The highest BCUT2D eigenvalue weighted by Crippen LogP contribution is 2.42. The number of halogens is 4. The fourth-order valence-electron chi connectivity index (χ4n) is 3.61. The Morgan fingerprint density at radius 3 is 2.69 bits per heavy atom. The molecule has 3 aromatic rings. The largest absolute Gasteiger partial charge is 0.370 e. The van der Waals surface area contributed by atoms with Gasteiger partial charge in [0.05, 0.1) is 10.7 Å². The van der Waals surface area contributed by atoms with Crippen LogP contribution in [-0.4, -0.2) is 27.2 Å². The molecule has 1 aromatic carbocycles. The van der Waals surface area contributed by atoms with Crippen LogP contribution in [0.5, 0.6) is 0 Å². The van der Waals surface area contributed by atoms with E-state index in [1.807, 2.05) is 30.3 Å². The Balaban J connectivity index is 1.85. The van der Waals surface area contributed by atoms with E-state index in [1.165, 1.54) is 0 Å². The van der Waals surface area contributed by atoms with Gasteiger partial charge in [-0.1, -0.05) is 41.9 Å². The number of nitrogens with one attached hydrogen (secondary N) is 1. The van der Waals surface area contributed by atoms with E-state index in [-0.39, 0.29) is 32.9 Å². The predicted octanol–water partition coefficient (Wildman–Crippen LogP) is 4.92. The number of ether oxygens (including phenoxy) is 1. The van der Waals surface area contributed by atoms with Crippen molar-refractivity contribution in [3.05, 3.63) is 51.9 Å². The van der Waals surface area contributed by atoms with Gasteiger partial charge in [0, 0.05) is 19.2 Å². The van der Waals surface area contributed by atoms with Crippen LogP contribution in [0.15, 0.2) is 30.3 Å². The average molecular weight is 442 g/mol. The molecule has 0 spiro atoms. The number of nitrogens with zero attached hydrogens (tertiary/aromatic N) is 3. The van der Waals surface area contributed by atoms with Gasteiger partial charge in [0.2, 0.25) is 5.28 Å². The fraction of sp³-hybridized carbons (Fsp3) is 0.368. The Bertz CT molecular complexity index is 1010. The molecule has 1 saturated heterocycles. The first kappa shape index (κ1) is 20.3. The van der Waals surface area contributed by atoms with Crippen molar-refractivity contribution in [2.75, 3.05) is 11.9 Å². The van der Waals surface area contributed by atoms with Crippen molar-refractivity contribution in [2.45, 2.75) is 38.1 Å². The number of aromatic nitrogens is 3. The van der Waals surface area contributed by atoms with Crippen molar-refractivity contribution in [2.24, 2.45) is 5.73 Å². The normalized spacial score (nSPS) is 19.8. The minimum Gasteiger partial charge on any atom is -0.370 e. The summed E-state index contributed by atoms with van der Waals surface area (Å²) in [4.78, 5) is 8.24. The Hall–Kier alpha value is -2.00. The maximum absolute atomic E-state index is 14.2. The molecule has 1 aliphatic rings. The summed E-state index contributed by atoms with van der Waals surface area (Å²) in [6.07, 6.45) is 0.650. The number of benzene rings is 1. The van der Waals surface area contributed by atoms with Crippen molar-refractivity contribution < 1.29 is 13.5 Å². The molecule has 3 heterocycles. The topological polar surface area (TPSA) is 78.0 Å². The van der Waals surface area contributed by atoms with Gasteiger partial charge in [0.25, 0.3) is 0 Å². The SMILES string of the molecule is N[C@@H]1CCCO[C@H]1c1c(Cl)c2nc(Cl)nc(NCc3ccccc3)c2n1C(F)F. The van der Waals surface area contributed by atoms with Crippen molar-refractivity contribution in [1.29, 1.82) is 0 Å². The maximum atomic E-state index is 14.2. The molecule has 4 rings (SSSR count). The molecule has 0 radical (unpaired) electrons. The number of alkyl halides is 2. The van der Waals surface area contributed by atoms with Crippen molar-refractivity contribution in [1.82, 2.24) is 14.5 Å². The van der Waals surface area contributed by atoms with Crippen LogP contribution in [0.4, 0.5) is 14.6 Å². The molecule has 2 aromatic heterocycles. The van der Waals surface area contributed by atoms with Gasteiger partial charge in [-0.15, -0.1) is 0 Å². The van der Waals surface area contributed by atoms with E-state index in [1.54, 1.807) is 0 Å². The molecule has 2 atom stereocenters. The van der Waals surface area contributed by atoms with Gasteiger partial charge >= 0.3 is 6.55 Å². The standard InChI is InChI=1S/C19H19Cl2F2N5O/c20-12-13-15(28(19(22)23)14(12)16-11(24)7-4-8-29-16)17(27-18(21)26-13)25-9-10-5-2-1-3-6-10/h1-3,5-6,11,16,19H,4,7-9,24H2,(H,25,26,27)/t11-,16-/m1/s1. The van der Waals surface area contributed by atoms with Crippen LogP contribution in [0, 0.1) is 0 Å². The van der Waals surface area contributed by atoms with E-state index >= 15 is 0 Å². The molecule has 6 nitrogen and oxygen atoms in total. The van der Waals surface area contributed by atoms with Gasteiger partial charge in [-0.05, 0) is 30.0 Å². The average Bonchev–Trinajstić information content (AvgIpc) is 3.00. The van der Waals surface area contributed by atoms with E-state index in [0.717, 1.165) is 16.6 Å². The second-order valence-corrected chi connectivity index (χ2v) is 7.54. The van der Waals surface area contributed by atoms with Crippen LogP contribution < -0.4 is 11.1 Å². The van der Waals surface area contributed by atoms with Gasteiger partial charge in [0.15, 0.2) is 5.82 Å². The number of rotatable bonds is 5. The third-order valence-corrected chi connectivity index (χ3v) is 5.47. The lowest BCUT2D eigenvalue weighted by atomic mass is 10.0. The van der Waals surface area contributed by atoms with Crippen LogP contribution in [0.3, 0.4) is 0 Å². The quantitative estimate of drug-likeness (QED) is 0.549. The highest BCUT2D eigenvalue weighted by Gasteiger charge is 2.35. The van der Waals surface area contributed by atoms with Gasteiger partial charge in [0.1, 0.15) is 17.1 Å². The van der Waals surface area contributed by atoms with Gasteiger partial charge in [-0.3, -0.25) is 4.57 Å². The van der Waals surface area contributed by atoms with Crippen molar-refractivity contribution in [3.63, 3.8) is 0 Å². The zero-order valence-electron chi connectivity index (χ0n) is 15.3. The van der Waals surface area contributed by atoms with Gasteiger partial charge in [-0.2, -0.15) is 13.8 Å². The molecule has 0 amide bonds. The van der Waals surface area contributed by atoms with Crippen LogP contribution >= 0.6 is 23.2 Å². The summed E-state index contributed by atoms with van der Waals surface area (Å²) in [5.41, 5.74) is 7.42. The lowest BCUT2D eigenvalue weighted by molar-refractivity contribution is -0.0141. The number of fused-ring (bicyclic) bond motifs is 1. The summed E-state index contributed by atoms with van der Waals surface area (Å²) in [6.45, 7) is -2.10. The van der Waals surface area contributed by atoms with Crippen LogP contribution in [0.25, 0.3) is 11.0 Å². The minimum absolute atomic E-state index is 0.0507. The summed E-state index contributed by atoms with van der Waals surface area (Å²) in [5, 5.41) is 3.03. The van der Waals surface area contributed by atoms with Crippen molar-refractivity contribution >= 4 is 40.1 Å². The number of anilines is 1. The second-order valence-electron chi connectivity index (χ2n) is 6.82. The van der Waals surface area contributed by atoms with Gasteiger partial charge in [-0.25, -0.2) is 4.98 Å². The zero-order chi connectivity index (χ0) is 20.5. The third kappa shape index (κ3) is 3.90. The van der Waals surface area contributed by atoms with E-state index in [2.05, 4.69) is 15.3 Å². The second kappa shape index (κ2) is 8.39. The summed E-state index contributed by atoms with van der Waals surface area (Å²) in [5.74, 6) is 0.168. The molecule has 0 aliphatic carbocycles. The summed E-state index contributed by atoms with van der Waals surface area (Å²) in [7, 11) is 0. The summed E-state index contributed by atoms with van der Waals surface area (Å²) in [6, 6.07) is 9.03. The summed E-state index contributed by atoms with van der Waals surface area (Å²) < 4.78 is 34.9. The van der Waals surface area contributed by atoms with E-state index in [0.29, 0.717) is 19.6 Å². The van der Waals surface area contributed by atoms with Gasteiger partial charge < -0.3 is 15.8 Å². The predicted molar refractivity (Wildman–Crippen MR) is 108 cm³/mol. The Morgan fingerprint density at radius 1 is 1.24 bits per heavy atom. The third-order valence-electron chi connectivity index (χ3n) is 4.93. The lowest BCUT2D eigenvalue weighted by Gasteiger charge is -2.30. The molecule has 3 N–H and O–H groups in total. The van der Waals surface area contributed by atoms with Crippen LogP contribution in [0.1, 0.15) is 36.8 Å². The monoisotopic (exact) mass is 441 g/mol. The molecular weight excluding hydrogens is 423 g/mol. The molecule has 10 heteroatoms. The number of hydrogen-bond donors (Lipinski definition) is 2. The highest BCUT2D eigenvalue weighted by molar-refractivity contribution is 6.37. The first-order valence-corrected chi connectivity index (χ1v) is 9.93. The van der Waals surface area contributed by atoms with Crippen LogP contribution in [-0.2, 0) is 11.3 Å². The van der Waals surface area contributed by atoms with E-state index in [9.17, 15) is 8.78 Å². The Kier molecular flexibility index (Phi) is 5.87. The minimum atomic E-state index is -2.89. The Morgan fingerprint density at radius 2 is 2.00 bits per heavy atom. The van der Waals surface area contributed by atoms with Crippen molar-refractivity contribution in [3.8, 4) is 0 Å².